The Morgan fingerprint density at radius 2 is 1.80 bits per heavy atom. The van der Waals surface area contributed by atoms with Gasteiger partial charge in [0.2, 0.25) is 5.91 Å². The number of carbonyl (C=O) groups excluding carboxylic acids is 2. The molecule has 3 aromatic rings. The topological polar surface area (TPSA) is 121 Å². The normalized spacial score (nSPS) is 22.4. The number of amides is 2. The van der Waals surface area contributed by atoms with Crippen molar-refractivity contribution in [3.05, 3.63) is 82.1 Å². The number of hydrogen-bond acceptors (Lipinski definition) is 7. The fourth-order valence-electron chi connectivity index (χ4n) is 7.63. The predicted octanol–water partition coefficient (Wildman–Crippen LogP) is 6.29. The average molecular weight is 745 g/mol. The molecule has 1 saturated carbocycles. The number of aromatic nitrogens is 1. The highest BCUT2D eigenvalue weighted by Gasteiger charge is 2.43. The number of aliphatic hydroxyl groups excluding tert-OH is 1. The van der Waals surface area contributed by atoms with Gasteiger partial charge in [-0.25, -0.2) is 0 Å². The van der Waals surface area contributed by atoms with E-state index in [9.17, 15) is 27.9 Å². The molecule has 2 amide bonds. The van der Waals surface area contributed by atoms with Crippen LogP contribution in [0, 0.1) is 5.92 Å². The van der Waals surface area contributed by atoms with E-state index >= 15 is 0 Å². The zero-order chi connectivity index (χ0) is 34.8. The summed E-state index contributed by atoms with van der Waals surface area (Å²) >= 11 is 3.14. The van der Waals surface area contributed by atoms with Crippen LogP contribution in [-0.2, 0) is 32.3 Å². The van der Waals surface area contributed by atoms with Gasteiger partial charge in [0.15, 0.2) is 6.29 Å². The van der Waals surface area contributed by atoms with Gasteiger partial charge in [0.25, 0.3) is 5.91 Å². The number of benzene rings is 2. The van der Waals surface area contributed by atoms with Gasteiger partial charge in [0.1, 0.15) is 6.10 Å². The van der Waals surface area contributed by atoms with E-state index in [0.29, 0.717) is 44.9 Å². The number of nitrogens with two attached hydrogens (primary N) is 1. The summed E-state index contributed by atoms with van der Waals surface area (Å²) in [5, 5.41) is 14.1. The first-order chi connectivity index (χ1) is 23.4. The van der Waals surface area contributed by atoms with Gasteiger partial charge in [-0.1, -0.05) is 18.2 Å². The number of fused-ring (bicyclic) bond motifs is 2. The van der Waals surface area contributed by atoms with E-state index in [1.807, 2.05) is 30.3 Å². The second-order valence-corrected chi connectivity index (χ2v) is 14.3. The van der Waals surface area contributed by atoms with Crippen molar-refractivity contribution in [2.45, 2.75) is 75.4 Å². The molecule has 2 aliphatic heterocycles. The Balaban J connectivity index is 1.11. The van der Waals surface area contributed by atoms with Crippen molar-refractivity contribution in [3.63, 3.8) is 0 Å². The van der Waals surface area contributed by atoms with Crippen LogP contribution in [0.4, 0.5) is 30.2 Å². The Hall–Kier alpha value is -3.68. The number of carbonyl (C=O) groups is 2. The third kappa shape index (κ3) is 8.05. The van der Waals surface area contributed by atoms with Crippen LogP contribution in [0.15, 0.2) is 65.4 Å². The predicted molar refractivity (Wildman–Crippen MR) is 184 cm³/mol. The molecule has 9 nitrogen and oxygen atoms in total. The molecule has 262 valence electrons. The number of halogens is 4. The zero-order valence-electron chi connectivity index (χ0n) is 27.1. The molecule has 3 aliphatic rings. The fraction of sp³-hybridized carbons (Fsp3) is 0.472. The van der Waals surface area contributed by atoms with Gasteiger partial charge in [-0.05, 0) is 102 Å². The van der Waals surface area contributed by atoms with Gasteiger partial charge in [0, 0.05) is 72.7 Å². The van der Waals surface area contributed by atoms with Crippen LogP contribution in [0.2, 0.25) is 0 Å². The first-order valence-electron chi connectivity index (χ1n) is 16.7. The number of hydrogen-bond donors (Lipinski definition) is 3. The molecule has 1 aromatic heterocycles. The van der Waals surface area contributed by atoms with Crippen LogP contribution in [0.5, 0.6) is 0 Å². The van der Waals surface area contributed by atoms with E-state index in [1.54, 1.807) is 17.3 Å². The van der Waals surface area contributed by atoms with Crippen molar-refractivity contribution in [1.82, 2.24) is 9.88 Å². The maximum absolute atomic E-state index is 13.9. The molecule has 0 radical (unpaired) electrons. The first-order valence-corrected chi connectivity index (χ1v) is 17.5. The summed E-state index contributed by atoms with van der Waals surface area (Å²) in [4.78, 5) is 34.2. The molecule has 49 heavy (non-hydrogen) atoms. The minimum Gasteiger partial charge on any atom is -0.397 e. The van der Waals surface area contributed by atoms with Crippen molar-refractivity contribution < 1.29 is 32.6 Å². The van der Waals surface area contributed by atoms with Gasteiger partial charge in [0.05, 0.1) is 11.3 Å². The van der Waals surface area contributed by atoms with Crippen LogP contribution in [0.1, 0.15) is 61.6 Å². The summed E-state index contributed by atoms with van der Waals surface area (Å²) in [5.74, 6) is -0.0476. The highest BCUT2D eigenvalue weighted by molar-refractivity contribution is 9.10. The smallest absolute Gasteiger partial charge is 0.397 e. The summed E-state index contributed by atoms with van der Waals surface area (Å²) in [7, 11) is 0. The average Bonchev–Trinajstić information content (AvgIpc) is 3.09. The van der Waals surface area contributed by atoms with Gasteiger partial charge >= 0.3 is 6.18 Å². The van der Waals surface area contributed by atoms with Gasteiger partial charge in [-0.2, -0.15) is 13.2 Å². The molecular weight excluding hydrogens is 703 g/mol. The number of alkyl halides is 3. The number of nitrogen functional groups attached to an aromatic ring is 1. The molecule has 1 saturated heterocycles. The molecule has 6 rings (SSSR count). The molecular formula is C36H41BrF3N5O4. The minimum absolute atomic E-state index is 0.0333. The Labute approximate surface area is 292 Å². The monoisotopic (exact) mass is 743 g/mol. The molecule has 2 atom stereocenters. The van der Waals surface area contributed by atoms with E-state index < -0.39 is 29.8 Å². The van der Waals surface area contributed by atoms with Gasteiger partial charge in [-0.15, -0.1) is 0 Å². The second-order valence-electron chi connectivity index (χ2n) is 13.4. The lowest BCUT2D eigenvalue weighted by Crippen LogP contribution is -2.52. The summed E-state index contributed by atoms with van der Waals surface area (Å²) < 4.78 is 47.5. The van der Waals surface area contributed by atoms with Crippen molar-refractivity contribution in [2.24, 2.45) is 5.92 Å². The molecule has 4 N–H and O–H groups in total. The van der Waals surface area contributed by atoms with Crippen LogP contribution in [0.25, 0.3) is 0 Å². The van der Waals surface area contributed by atoms with Gasteiger partial charge < -0.3 is 30.7 Å². The maximum Gasteiger partial charge on any atom is 0.418 e. The Morgan fingerprint density at radius 1 is 1.10 bits per heavy atom. The number of rotatable bonds is 9. The summed E-state index contributed by atoms with van der Waals surface area (Å²) in [6.45, 7) is 1.90. The standard InChI is InChI=1S/C36H41BrF3N5O4/c37-28-20-24(19-27(33(28)41)36(38,39)40)21-30(34(48)45-17-15-44(16-18-45)25-9-13-42-14-10-25)49-32(47)6-5-23-7-11-35(12-8-23)22-31(46)43-29-4-2-1-3-26(29)35/h1-4,9-10,13-14,19-20,23,30,32,47H,5-8,11-12,15-18,21-22,41H2,(H,43,46)/t23?,30-,32?,35?/m1/s1. The lowest BCUT2D eigenvalue weighted by Gasteiger charge is -2.44. The Bertz CT molecular complexity index is 1640. The number of anilines is 3. The van der Waals surface area contributed by atoms with E-state index in [0.717, 1.165) is 43.1 Å². The molecule has 13 heteroatoms. The quantitative estimate of drug-likeness (QED) is 0.174. The SMILES string of the molecule is Nc1c(Br)cc(C[C@@H](OC(O)CCC2CCC3(CC2)CC(=O)Nc2ccccc23)C(=O)N2CCN(c3ccncc3)CC2)cc1C(F)(F)F. The van der Waals surface area contributed by atoms with E-state index in [1.165, 1.54) is 11.6 Å². The summed E-state index contributed by atoms with van der Waals surface area (Å²) in [6.07, 6.45) is 0.941. The van der Waals surface area contributed by atoms with Crippen molar-refractivity contribution >= 4 is 44.8 Å². The van der Waals surface area contributed by atoms with Crippen LogP contribution < -0.4 is 16.0 Å². The number of pyridine rings is 1. The molecule has 1 spiro atoms. The highest BCUT2D eigenvalue weighted by atomic mass is 79.9. The molecule has 3 heterocycles. The number of piperazine rings is 1. The maximum atomic E-state index is 13.9. The van der Waals surface area contributed by atoms with Gasteiger partial charge in [-0.3, -0.25) is 14.6 Å². The highest BCUT2D eigenvalue weighted by Crippen LogP contribution is 2.49. The molecule has 0 bridgehead atoms. The largest absolute Gasteiger partial charge is 0.418 e. The third-order valence-electron chi connectivity index (χ3n) is 10.3. The third-order valence-corrected chi connectivity index (χ3v) is 10.9. The van der Waals surface area contributed by atoms with E-state index in [4.69, 9.17) is 10.5 Å². The minimum atomic E-state index is -4.69. The first kappa shape index (κ1) is 35.2. The van der Waals surface area contributed by atoms with E-state index in [2.05, 4.69) is 37.2 Å². The lowest BCUT2D eigenvalue weighted by molar-refractivity contribution is -0.171. The number of ether oxygens (including phenoxy) is 1. The number of para-hydroxylation sites is 1. The Kier molecular flexibility index (Phi) is 10.5. The number of nitrogens with zero attached hydrogens (tertiary/aromatic N) is 3. The molecule has 1 aliphatic carbocycles. The second kappa shape index (κ2) is 14.7. The van der Waals surface area contributed by atoms with Crippen molar-refractivity contribution in [2.75, 3.05) is 42.1 Å². The summed E-state index contributed by atoms with van der Waals surface area (Å²) in [6, 6.07) is 14.2. The molecule has 2 fully saturated rings. The molecule has 2 aromatic carbocycles. The lowest BCUT2D eigenvalue weighted by atomic mass is 9.63. The summed E-state index contributed by atoms with van der Waals surface area (Å²) in [5.41, 5.74) is 7.38. The zero-order valence-corrected chi connectivity index (χ0v) is 28.7. The molecule has 1 unspecified atom stereocenters. The Morgan fingerprint density at radius 3 is 2.49 bits per heavy atom. The van der Waals surface area contributed by atoms with Crippen molar-refractivity contribution in [3.8, 4) is 0 Å². The van der Waals surface area contributed by atoms with Crippen LogP contribution in [0.3, 0.4) is 0 Å². The number of nitrogens with one attached hydrogen (secondary N) is 1. The van der Waals surface area contributed by atoms with Crippen LogP contribution in [-0.4, -0.2) is 65.4 Å². The van der Waals surface area contributed by atoms with E-state index in [-0.39, 0.29) is 40.1 Å². The fourth-order valence-corrected chi connectivity index (χ4v) is 8.14. The number of aliphatic hydroxyl groups is 1. The van der Waals surface area contributed by atoms with Crippen LogP contribution >= 0.6 is 15.9 Å². The van der Waals surface area contributed by atoms with Crippen molar-refractivity contribution in [1.29, 1.82) is 0 Å².